The van der Waals surface area contributed by atoms with Crippen LogP contribution in [0.4, 0.5) is 0 Å². The lowest BCUT2D eigenvalue weighted by Crippen LogP contribution is -2.61. The second kappa shape index (κ2) is 9.93. The van der Waals surface area contributed by atoms with Crippen LogP contribution in [0, 0.1) is 11.3 Å². The number of benzene rings is 1. The lowest BCUT2D eigenvalue weighted by atomic mass is 9.50. The van der Waals surface area contributed by atoms with Gasteiger partial charge in [-0.1, -0.05) is 29.9 Å². The van der Waals surface area contributed by atoms with Crippen molar-refractivity contribution in [3.8, 4) is 11.4 Å². The summed E-state index contributed by atoms with van der Waals surface area (Å²) < 4.78 is 19.8. The number of nitrogens with zero attached hydrogens (tertiary/aromatic N) is 5. The number of likely N-dealkylation sites (tertiary alicyclic amines) is 2. The first-order valence-electron chi connectivity index (χ1n) is 18.3. The van der Waals surface area contributed by atoms with Crippen LogP contribution in [0.2, 0.25) is 0 Å². The lowest BCUT2D eigenvalue weighted by molar-refractivity contribution is -0.121. The van der Waals surface area contributed by atoms with Crippen LogP contribution in [0.5, 0.6) is 0 Å². The normalized spacial score (nSPS) is 35.5. The molecular formula is C40H38N6O5. The van der Waals surface area contributed by atoms with Gasteiger partial charge in [-0.05, 0) is 74.7 Å². The summed E-state index contributed by atoms with van der Waals surface area (Å²) in [5.74, 6) is 0.746. The van der Waals surface area contributed by atoms with Crippen LogP contribution < -0.4 is 0 Å². The van der Waals surface area contributed by atoms with E-state index in [1.807, 2.05) is 48.8 Å². The Morgan fingerprint density at radius 2 is 2.08 bits per heavy atom. The Balaban J connectivity index is 1.13. The molecule has 4 aromatic heterocycles. The third-order valence-corrected chi connectivity index (χ3v) is 13.4. The molecule has 11 nitrogen and oxygen atoms in total. The summed E-state index contributed by atoms with van der Waals surface area (Å²) in [7, 11) is 2.20. The van der Waals surface area contributed by atoms with E-state index in [0.717, 1.165) is 78.5 Å². The molecule has 51 heavy (non-hydrogen) atoms. The highest BCUT2D eigenvalue weighted by Gasteiger charge is 2.72. The quantitative estimate of drug-likeness (QED) is 0.216. The molecule has 4 saturated heterocycles. The molecule has 4 bridgehead atoms. The molecule has 12 rings (SSSR count). The fraction of sp³-hybridized carbons (Fsp3) is 0.425. The van der Waals surface area contributed by atoms with Gasteiger partial charge in [-0.25, -0.2) is 15.0 Å². The molecule has 4 fully saturated rings. The minimum Gasteiger partial charge on any atom is -0.509 e. The number of fused-ring (bicyclic) bond motifs is 6. The molecule has 7 aliphatic rings. The largest absolute Gasteiger partial charge is 0.509 e. The van der Waals surface area contributed by atoms with E-state index in [4.69, 9.17) is 28.8 Å². The summed E-state index contributed by atoms with van der Waals surface area (Å²) in [5.41, 5.74) is 5.33. The van der Waals surface area contributed by atoms with Crippen LogP contribution in [0.3, 0.4) is 0 Å². The van der Waals surface area contributed by atoms with Crippen LogP contribution in [0.25, 0.3) is 44.5 Å². The van der Waals surface area contributed by atoms with Crippen LogP contribution >= 0.6 is 0 Å². The maximum absolute atomic E-state index is 12.3. The van der Waals surface area contributed by atoms with Crippen LogP contribution in [0.1, 0.15) is 36.9 Å². The van der Waals surface area contributed by atoms with Crippen molar-refractivity contribution in [2.45, 2.75) is 68.2 Å². The van der Waals surface area contributed by atoms with Gasteiger partial charge in [0, 0.05) is 65.4 Å². The number of nitrogens with one attached hydrogen (secondary N) is 1. The fourth-order valence-corrected chi connectivity index (χ4v) is 11.2. The number of aliphatic hydroxyl groups excluding tert-OH is 2. The second-order valence-corrected chi connectivity index (χ2v) is 15.8. The van der Waals surface area contributed by atoms with Crippen molar-refractivity contribution in [2.75, 3.05) is 26.7 Å². The first-order valence-corrected chi connectivity index (χ1v) is 18.3. The van der Waals surface area contributed by atoms with Gasteiger partial charge in [-0.2, -0.15) is 0 Å². The van der Waals surface area contributed by atoms with Gasteiger partial charge in [-0.15, -0.1) is 0 Å². The molecule has 0 amide bonds. The number of hydrogen-bond acceptors (Lipinski definition) is 10. The highest BCUT2D eigenvalue weighted by atomic mass is 16.5. The third kappa shape index (κ3) is 3.63. The summed E-state index contributed by atoms with van der Waals surface area (Å²) in [4.78, 5) is 23.8. The third-order valence-electron chi connectivity index (χ3n) is 13.4. The Morgan fingerprint density at radius 3 is 2.96 bits per heavy atom. The molecule has 3 N–H and O–H groups in total. The van der Waals surface area contributed by atoms with Crippen molar-refractivity contribution >= 4 is 33.1 Å². The van der Waals surface area contributed by atoms with E-state index in [-0.39, 0.29) is 17.7 Å². The van der Waals surface area contributed by atoms with Crippen molar-refractivity contribution in [1.82, 2.24) is 29.7 Å². The summed E-state index contributed by atoms with van der Waals surface area (Å²) in [6.45, 7) is 3.35. The lowest BCUT2D eigenvalue weighted by Gasteiger charge is -2.58. The van der Waals surface area contributed by atoms with Crippen LogP contribution in [-0.2, 0) is 21.6 Å². The van der Waals surface area contributed by atoms with E-state index in [1.165, 1.54) is 5.57 Å². The minimum atomic E-state index is -1.45. The molecule has 11 heteroatoms. The Bertz CT molecular complexity index is 2430. The van der Waals surface area contributed by atoms with Crippen LogP contribution in [0.15, 0.2) is 82.3 Å². The predicted octanol–water partition coefficient (Wildman–Crippen LogP) is 5.27. The van der Waals surface area contributed by atoms with Gasteiger partial charge in [0.1, 0.15) is 17.0 Å². The fourth-order valence-electron chi connectivity index (χ4n) is 11.2. The Kier molecular flexibility index (Phi) is 5.69. The molecule has 1 spiro atoms. The number of hydrogen-bond donors (Lipinski definition) is 3. The number of aromatic amines is 1. The molecule has 258 valence electrons. The number of allylic oxidation sites excluding steroid dienone is 1. The first kappa shape index (κ1) is 29.2. The first-order chi connectivity index (χ1) is 24.9. The van der Waals surface area contributed by atoms with Crippen molar-refractivity contribution in [3.63, 3.8) is 0 Å². The molecule has 8 atom stereocenters. The number of aromatic nitrogens is 4. The molecule has 0 radical (unpaired) electrons. The Morgan fingerprint density at radius 1 is 1.14 bits per heavy atom. The van der Waals surface area contributed by atoms with E-state index < -0.39 is 23.2 Å². The zero-order valence-electron chi connectivity index (χ0n) is 28.2. The van der Waals surface area contributed by atoms with Crippen molar-refractivity contribution in [1.29, 1.82) is 0 Å². The number of rotatable bonds is 4. The molecule has 4 aliphatic heterocycles. The molecule has 1 aromatic carbocycles. The Hall–Kier alpha value is -4.39. The number of piperidine rings is 1. The molecule has 5 aromatic rings. The van der Waals surface area contributed by atoms with E-state index in [0.29, 0.717) is 46.9 Å². The van der Waals surface area contributed by atoms with Crippen molar-refractivity contribution < 1.29 is 24.1 Å². The highest BCUT2D eigenvalue weighted by molar-refractivity contribution is 6.04. The highest BCUT2D eigenvalue weighted by Crippen LogP contribution is 2.70. The van der Waals surface area contributed by atoms with E-state index in [1.54, 1.807) is 0 Å². The van der Waals surface area contributed by atoms with E-state index in [9.17, 15) is 10.2 Å². The summed E-state index contributed by atoms with van der Waals surface area (Å²) >= 11 is 0. The smallest absolute Gasteiger partial charge is 0.229 e. The molecule has 0 saturated carbocycles. The number of ether oxygens (including phenoxy) is 2. The predicted molar refractivity (Wildman–Crippen MR) is 189 cm³/mol. The molecule has 8 heterocycles. The van der Waals surface area contributed by atoms with Gasteiger partial charge in [-0.3, -0.25) is 4.90 Å². The van der Waals surface area contributed by atoms with Gasteiger partial charge >= 0.3 is 0 Å². The maximum atomic E-state index is 12.3. The standard InChI is InChI=1S/C40H38N6O5/c1-45-12-10-39-27-6-7-30(47)36(39)51-40(31(48)8-5-21(34(39)40)14-29(27)45)35-33-32(43-37(44-35)25-3-2-4-28-24(25)9-11-41-28)26-13-20(16-42-38(26)50-33)17-46-18-23-15-22(46)19-49-23/h2-4,6-9,11,13,16,22-23,27,29-30,36,41,47-48H,5,10,12,14-15,17-19H2,1H3/t22-,23-,27+,29-,30+,36+,39+,40?/m1/s1. The monoisotopic (exact) mass is 682 g/mol. The van der Waals surface area contributed by atoms with E-state index >= 15 is 0 Å². The zero-order valence-corrected chi connectivity index (χ0v) is 28.2. The van der Waals surface area contributed by atoms with Crippen LogP contribution in [-0.4, -0.2) is 97.1 Å². The SMILES string of the molecule is CN1CC[C@]23C4=C5CC=C(O)C4(c4nc(-c6cccc7[nH]ccc67)nc6c4oc4ncc(CN7C[C@H]8C[C@@H]7CO8)cc46)O[C@H]2[C@@H](O)C=C[C@H]3[C@H]1C5. The number of H-pyrrole nitrogens is 1. The number of pyridine rings is 1. The maximum Gasteiger partial charge on any atom is 0.229 e. The number of furan rings is 1. The zero-order chi connectivity index (χ0) is 33.8. The summed E-state index contributed by atoms with van der Waals surface area (Å²) in [6, 6.07) is 11.0. The average Bonchev–Trinajstić information content (AvgIpc) is 3.98. The molecular weight excluding hydrogens is 644 g/mol. The van der Waals surface area contributed by atoms with Crippen molar-refractivity contribution in [3.05, 3.63) is 89.1 Å². The van der Waals surface area contributed by atoms with Gasteiger partial charge in [0.25, 0.3) is 0 Å². The number of aliphatic hydroxyl groups is 2. The summed E-state index contributed by atoms with van der Waals surface area (Å²) in [5, 5.41) is 25.8. The Labute approximate surface area is 293 Å². The minimum absolute atomic E-state index is 0.0968. The van der Waals surface area contributed by atoms with Gasteiger partial charge in [0.15, 0.2) is 17.0 Å². The van der Waals surface area contributed by atoms with E-state index in [2.05, 4.69) is 34.0 Å². The van der Waals surface area contributed by atoms with Gasteiger partial charge < -0.3 is 34.0 Å². The second-order valence-electron chi connectivity index (χ2n) is 15.8. The van der Waals surface area contributed by atoms with Crippen molar-refractivity contribution in [2.24, 2.45) is 11.3 Å². The van der Waals surface area contributed by atoms with Gasteiger partial charge in [0.2, 0.25) is 5.71 Å². The number of morpholine rings is 1. The van der Waals surface area contributed by atoms with Gasteiger partial charge in [0.05, 0.1) is 30.3 Å². The summed E-state index contributed by atoms with van der Waals surface area (Å²) in [6.07, 6.45) is 12.1. The topological polar surface area (TPSA) is 133 Å². The average molecular weight is 683 g/mol. The molecule has 1 unspecified atom stereocenters. The molecule has 3 aliphatic carbocycles.